The Bertz CT molecular complexity index is 830. The molecule has 0 bridgehead atoms. The molecule has 2 fully saturated rings. The lowest BCUT2D eigenvalue weighted by atomic mass is 9.95. The second-order valence-electron chi connectivity index (χ2n) is 7.94. The van der Waals surface area contributed by atoms with E-state index in [1.165, 1.54) is 25.3 Å². The second-order valence-corrected chi connectivity index (χ2v) is 8.93. The molecule has 5 nitrogen and oxygen atoms in total. The van der Waals surface area contributed by atoms with E-state index in [2.05, 4.69) is 20.1 Å². The molecule has 1 aromatic carbocycles. The Labute approximate surface area is 178 Å². The highest BCUT2D eigenvalue weighted by atomic mass is 32.2. The number of benzene rings is 1. The fourth-order valence-electron chi connectivity index (χ4n) is 4.16. The van der Waals surface area contributed by atoms with Gasteiger partial charge < -0.3 is 14.6 Å². The molecule has 1 saturated heterocycles. The van der Waals surface area contributed by atoms with Crippen LogP contribution in [-0.2, 0) is 17.5 Å². The fourth-order valence-corrected chi connectivity index (χ4v) is 5.25. The highest BCUT2D eigenvalue weighted by molar-refractivity contribution is 7.99. The molecule has 1 saturated carbocycles. The number of anilines is 1. The predicted molar refractivity (Wildman–Crippen MR) is 111 cm³/mol. The average molecular weight is 441 g/mol. The zero-order valence-corrected chi connectivity index (χ0v) is 17.6. The molecule has 2 aromatic rings. The van der Waals surface area contributed by atoms with E-state index in [1.54, 1.807) is 17.8 Å². The van der Waals surface area contributed by atoms with Gasteiger partial charge in [-0.2, -0.15) is 13.2 Å². The van der Waals surface area contributed by atoms with Crippen molar-refractivity contribution >= 4 is 17.4 Å². The number of rotatable bonds is 7. The summed E-state index contributed by atoms with van der Waals surface area (Å²) in [5, 5.41) is 12.8. The van der Waals surface area contributed by atoms with Crippen LogP contribution in [0.15, 0.2) is 29.4 Å². The van der Waals surface area contributed by atoms with Crippen LogP contribution in [0.1, 0.15) is 62.4 Å². The molecule has 2 aliphatic rings. The number of nitrogens with zero attached hydrogens (tertiary/aromatic N) is 3. The Morgan fingerprint density at radius 1 is 1.10 bits per heavy atom. The van der Waals surface area contributed by atoms with Crippen LogP contribution in [0.3, 0.4) is 0 Å². The van der Waals surface area contributed by atoms with Gasteiger partial charge >= 0.3 is 6.18 Å². The number of ether oxygens (including phenoxy) is 1. The van der Waals surface area contributed by atoms with Crippen molar-refractivity contribution in [3.8, 4) is 0 Å². The quantitative estimate of drug-likeness (QED) is 0.561. The number of halogens is 3. The van der Waals surface area contributed by atoms with Crippen LogP contribution in [0, 0.1) is 0 Å². The number of alkyl halides is 3. The van der Waals surface area contributed by atoms with Gasteiger partial charge in [-0.1, -0.05) is 37.1 Å². The molecular formula is C21H27F3N4OS. The van der Waals surface area contributed by atoms with Crippen LogP contribution in [0.2, 0.25) is 0 Å². The van der Waals surface area contributed by atoms with Crippen molar-refractivity contribution in [1.29, 1.82) is 0 Å². The SMILES string of the molecule is FC(F)(F)c1cccc(NCc2nnc(SCC3CCCO3)n2C2CCCCC2)c1. The number of thioether (sulfide) groups is 1. The average Bonchev–Trinajstić information content (AvgIpc) is 3.40. The third kappa shape index (κ3) is 5.29. The molecule has 1 aliphatic carbocycles. The number of hydrogen-bond donors (Lipinski definition) is 1. The van der Waals surface area contributed by atoms with Gasteiger partial charge in [0, 0.05) is 24.1 Å². The minimum atomic E-state index is -4.36. The highest BCUT2D eigenvalue weighted by Gasteiger charge is 2.30. The van der Waals surface area contributed by atoms with E-state index in [-0.39, 0.29) is 6.10 Å². The molecule has 2 heterocycles. The normalized spacial score (nSPS) is 20.6. The molecule has 9 heteroatoms. The topological polar surface area (TPSA) is 52.0 Å². The summed E-state index contributed by atoms with van der Waals surface area (Å²) in [5.41, 5.74) is -0.231. The lowest BCUT2D eigenvalue weighted by molar-refractivity contribution is -0.137. The fraction of sp³-hybridized carbons (Fsp3) is 0.619. The van der Waals surface area contributed by atoms with Crippen LogP contribution in [0.4, 0.5) is 18.9 Å². The van der Waals surface area contributed by atoms with Gasteiger partial charge in [0.15, 0.2) is 11.0 Å². The van der Waals surface area contributed by atoms with Crippen molar-refractivity contribution in [2.75, 3.05) is 17.7 Å². The molecule has 1 N–H and O–H groups in total. The highest BCUT2D eigenvalue weighted by Crippen LogP contribution is 2.34. The van der Waals surface area contributed by atoms with Crippen molar-refractivity contribution in [3.63, 3.8) is 0 Å². The Hall–Kier alpha value is -1.74. The van der Waals surface area contributed by atoms with Gasteiger partial charge in [-0.05, 0) is 43.9 Å². The number of aromatic nitrogens is 3. The lowest BCUT2D eigenvalue weighted by Crippen LogP contribution is -2.19. The molecule has 1 atom stereocenters. The number of nitrogens with one attached hydrogen (secondary N) is 1. The van der Waals surface area contributed by atoms with Crippen LogP contribution in [0.5, 0.6) is 0 Å². The predicted octanol–water partition coefficient (Wildman–Crippen LogP) is 5.69. The van der Waals surface area contributed by atoms with E-state index >= 15 is 0 Å². The first-order valence-electron chi connectivity index (χ1n) is 10.6. The molecule has 30 heavy (non-hydrogen) atoms. The van der Waals surface area contributed by atoms with Crippen molar-refractivity contribution < 1.29 is 17.9 Å². The second kappa shape index (κ2) is 9.60. The summed E-state index contributed by atoms with van der Waals surface area (Å²) < 4.78 is 46.9. The molecule has 1 aromatic heterocycles. The molecule has 1 aliphatic heterocycles. The van der Waals surface area contributed by atoms with Crippen molar-refractivity contribution in [3.05, 3.63) is 35.7 Å². The first kappa shape index (κ1) is 21.5. The standard InChI is InChI=1S/C21H27F3N4OS/c22-21(23,24)15-6-4-7-16(12-15)25-13-19-26-27-20(30-14-18-10-5-11-29-18)28(19)17-8-2-1-3-9-17/h4,6-7,12,17-18,25H,1-3,5,8-11,13-14H2. The van der Waals surface area contributed by atoms with Gasteiger partial charge in [-0.15, -0.1) is 10.2 Å². The molecule has 4 rings (SSSR count). The van der Waals surface area contributed by atoms with Crippen molar-refractivity contribution in [2.45, 2.75) is 75.0 Å². The monoisotopic (exact) mass is 440 g/mol. The summed E-state index contributed by atoms with van der Waals surface area (Å²) >= 11 is 1.67. The van der Waals surface area contributed by atoms with Gasteiger partial charge in [-0.3, -0.25) is 0 Å². The molecular weight excluding hydrogens is 413 g/mol. The third-order valence-electron chi connectivity index (χ3n) is 5.74. The first-order chi connectivity index (χ1) is 14.5. The minimum absolute atomic E-state index is 0.262. The Morgan fingerprint density at radius 2 is 1.93 bits per heavy atom. The van der Waals surface area contributed by atoms with Gasteiger partial charge in [-0.25, -0.2) is 0 Å². The summed E-state index contributed by atoms with van der Waals surface area (Å²) in [7, 11) is 0. The first-order valence-corrected chi connectivity index (χ1v) is 11.6. The maximum absolute atomic E-state index is 13.0. The van der Waals surface area contributed by atoms with Gasteiger partial charge in [0.25, 0.3) is 0 Å². The van der Waals surface area contributed by atoms with E-state index in [9.17, 15) is 13.2 Å². The molecule has 1 unspecified atom stereocenters. The summed E-state index contributed by atoms with van der Waals surface area (Å²) in [5.74, 6) is 1.63. The summed E-state index contributed by atoms with van der Waals surface area (Å²) in [6, 6.07) is 5.62. The van der Waals surface area contributed by atoms with Gasteiger partial charge in [0.2, 0.25) is 0 Å². The largest absolute Gasteiger partial charge is 0.416 e. The smallest absolute Gasteiger partial charge is 0.378 e. The summed E-state index contributed by atoms with van der Waals surface area (Å²) in [6.07, 6.45) is 3.86. The van der Waals surface area contributed by atoms with Crippen LogP contribution in [-0.4, -0.2) is 33.2 Å². The molecule has 0 spiro atoms. The minimum Gasteiger partial charge on any atom is -0.378 e. The lowest BCUT2D eigenvalue weighted by Gasteiger charge is -2.26. The van der Waals surface area contributed by atoms with Gasteiger partial charge in [0.05, 0.1) is 18.2 Å². The van der Waals surface area contributed by atoms with E-state index in [4.69, 9.17) is 4.74 Å². The Balaban J connectivity index is 1.49. The summed E-state index contributed by atoms with van der Waals surface area (Å²) in [6.45, 7) is 1.16. The maximum atomic E-state index is 13.0. The van der Waals surface area contributed by atoms with E-state index < -0.39 is 11.7 Å². The third-order valence-corrected chi connectivity index (χ3v) is 6.81. The zero-order valence-electron chi connectivity index (χ0n) is 16.8. The van der Waals surface area contributed by atoms with Crippen LogP contribution < -0.4 is 5.32 Å². The van der Waals surface area contributed by atoms with Crippen molar-refractivity contribution in [1.82, 2.24) is 14.8 Å². The summed E-state index contributed by atoms with van der Waals surface area (Å²) in [4.78, 5) is 0. The molecule has 0 amide bonds. The van der Waals surface area contributed by atoms with E-state index in [1.807, 2.05) is 0 Å². The zero-order chi connectivity index (χ0) is 21.0. The molecule has 164 valence electrons. The van der Waals surface area contributed by atoms with Crippen LogP contribution in [0.25, 0.3) is 0 Å². The van der Waals surface area contributed by atoms with E-state index in [0.717, 1.165) is 61.2 Å². The molecule has 0 radical (unpaired) electrons. The Kier molecular flexibility index (Phi) is 6.87. The van der Waals surface area contributed by atoms with Gasteiger partial charge in [0.1, 0.15) is 0 Å². The van der Waals surface area contributed by atoms with Crippen LogP contribution >= 0.6 is 11.8 Å². The van der Waals surface area contributed by atoms with Crippen molar-refractivity contribution in [2.24, 2.45) is 0 Å². The number of hydrogen-bond acceptors (Lipinski definition) is 5. The Morgan fingerprint density at radius 3 is 2.67 bits per heavy atom. The van der Waals surface area contributed by atoms with E-state index in [0.29, 0.717) is 18.3 Å². The maximum Gasteiger partial charge on any atom is 0.416 e.